The Morgan fingerprint density at radius 2 is 1.79 bits per heavy atom. The van der Waals surface area contributed by atoms with E-state index in [4.69, 9.17) is 5.73 Å². The third kappa shape index (κ3) is 4.63. The van der Waals surface area contributed by atoms with Crippen LogP contribution in [0.4, 0.5) is 0 Å². The van der Waals surface area contributed by atoms with Crippen molar-refractivity contribution in [3.05, 3.63) is 35.9 Å². The largest absolute Gasteiger partial charge is 0.326 e. The van der Waals surface area contributed by atoms with Crippen LogP contribution in [0.15, 0.2) is 30.3 Å². The van der Waals surface area contributed by atoms with Gasteiger partial charge in [0.1, 0.15) is 0 Å². The summed E-state index contributed by atoms with van der Waals surface area (Å²) < 4.78 is 0. The van der Waals surface area contributed by atoms with Crippen LogP contribution >= 0.6 is 0 Å². The zero-order valence-electron chi connectivity index (χ0n) is 12.4. The van der Waals surface area contributed by atoms with Crippen LogP contribution in [0.1, 0.15) is 32.3 Å². The number of likely N-dealkylation sites (tertiary alicyclic amines) is 1. The highest BCUT2D eigenvalue weighted by Gasteiger charge is 2.22. The molecule has 1 heterocycles. The molecule has 1 aromatic rings. The number of piperidine rings is 1. The molecule has 1 fully saturated rings. The van der Waals surface area contributed by atoms with E-state index in [1.807, 2.05) is 0 Å². The molecule has 0 saturated carbocycles. The molecule has 2 N–H and O–H groups in total. The smallest absolute Gasteiger partial charge is 0.0208 e. The SMILES string of the molecule is CC(C)C1CCN(CC(N)Cc2ccccc2)CC1. The lowest BCUT2D eigenvalue weighted by Crippen LogP contribution is -2.43. The molecular weight excluding hydrogens is 232 g/mol. The van der Waals surface area contributed by atoms with E-state index in [1.54, 1.807) is 0 Å². The van der Waals surface area contributed by atoms with Gasteiger partial charge in [-0.3, -0.25) is 0 Å². The van der Waals surface area contributed by atoms with Crippen molar-refractivity contribution in [3.63, 3.8) is 0 Å². The average Bonchev–Trinajstić information content (AvgIpc) is 2.40. The number of hydrogen-bond acceptors (Lipinski definition) is 2. The first-order valence-corrected chi connectivity index (χ1v) is 7.67. The van der Waals surface area contributed by atoms with Crippen LogP contribution in [0.25, 0.3) is 0 Å². The predicted molar refractivity (Wildman–Crippen MR) is 82.1 cm³/mol. The maximum atomic E-state index is 6.29. The molecule has 2 nitrogen and oxygen atoms in total. The van der Waals surface area contributed by atoms with Gasteiger partial charge in [-0.1, -0.05) is 44.2 Å². The molecule has 0 spiro atoms. The summed E-state index contributed by atoms with van der Waals surface area (Å²) in [7, 11) is 0. The van der Waals surface area contributed by atoms with E-state index >= 15 is 0 Å². The highest BCUT2D eigenvalue weighted by Crippen LogP contribution is 2.24. The molecule has 0 amide bonds. The van der Waals surface area contributed by atoms with Gasteiger partial charge in [0.25, 0.3) is 0 Å². The Hall–Kier alpha value is -0.860. The summed E-state index contributed by atoms with van der Waals surface area (Å²) in [6.07, 6.45) is 3.68. The minimum Gasteiger partial charge on any atom is -0.326 e. The van der Waals surface area contributed by atoms with Crippen molar-refractivity contribution in [1.29, 1.82) is 0 Å². The Kier molecular flexibility index (Phi) is 5.41. The molecule has 1 saturated heterocycles. The highest BCUT2D eigenvalue weighted by atomic mass is 15.1. The van der Waals surface area contributed by atoms with Crippen molar-refractivity contribution in [3.8, 4) is 0 Å². The average molecular weight is 260 g/mol. The van der Waals surface area contributed by atoms with E-state index in [0.29, 0.717) is 0 Å². The number of benzene rings is 1. The van der Waals surface area contributed by atoms with Crippen LogP contribution in [-0.4, -0.2) is 30.6 Å². The summed E-state index contributed by atoms with van der Waals surface area (Å²) in [5.41, 5.74) is 7.64. The monoisotopic (exact) mass is 260 g/mol. The lowest BCUT2D eigenvalue weighted by atomic mass is 9.86. The standard InChI is InChI=1S/C17H28N2/c1-14(2)16-8-10-19(11-9-16)13-17(18)12-15-6-4-3-5-7-15/h3-7,14,16-17H,8-13,18H2,1-2H3. The molecule has 1 aliphatic heterocycles. The second kappa shape index (κ2) is 7.06. The van der Waals surface area contributed by atoms with Crippen molar-refractivity contribution in [1.82, 2.24) is 4.90 Å². The molecule has 2 rings (SSSR count). The van der Waals surface area contributed by atoms with E-state index in [-0.39, 0.29) is 6.04 Å². The van der Waals surface area contributed by atoms with Crippen LogP contribution in [0.5, 0.6) is 0 Å². The van der Waals surface area contributed by atoms with Gasteiger partial charge in [0.15, 0.2) is 0 Å². The first-order chi connectivity index (χ1) is 9.15. The van der Waals surface area contributed by atoms with E-state index in [0.717, 1.165) is 24.8 Å². The van der Waals surface area contributed by atoms with Crippen LogP contribution < -0.4 is 5.73 Å². The molecule has 1 aromatic carbocycles. The van der Waals surface area contributed by atoms with E-state index in [9.17, 15) is 0 Å². The Bertz CT molecular complexity index is 353. The van der Waals surface area contributed by atoms with E-state index < -0.39 is 0 Å². The van der Waals surface area contributed by atoms with Crippen LogP contribution in [0.2, 0.25) is 0 Å². The normalized spacial score (nSPS) is 19.8. The number of rotatable bonds is 5. The number of nitrogens with zero attached hydrogens (tertiary/aromatic N) is 1. The summed E-state index contributed by atoms with van der Waals surface area (Å²) in [5.74, 6) is 1.75. The first kappa shape index (κ1) is 14.5. The fourth-order valence-electron chi connectivity index (χ4n) is 3.12. The molecule has 0 bridgehead atoms. The van der Waals surface area contributed by atoms with Crippen molar-refractivity contribution < 1.29 is 0 Å². The van der Waals surface area contributed by atoms with E-state index in [2.05, 4.69) is 49.1 Å². The maximum Gasteiger partial charge on any atom is 0.0208 e. The van der Waals surface area contributed by atoms with Crippen molar-refractivity contribution in [2.45, 2.75) is 39.2 Å². The molecule has 106 valence electrons. The fraction of sp³-hybridized carbons (Fsp3) is 0.647. The lowest BCUT2D eigenvalue weighted by molar-refractivity contribution is 0.151. The van der Waals surface area contributed by atoms with Crippen molar-refractivity contribution >= 4 is 0 Å². The quantitative estimate of drug-likeness (QED) is 0.882. The van der Waals surface area contributed by atoms with Gasteiger partial charge in [0.2, 0.25) is 0 Å². The van der Waals surface area contributed by atoms with Gasteiger partial charge in [-0.05, 0) is 49.8 Å². The topological polar surface area (TPSA) is 29.3 Å². The number of nitrogens with two attached hydrogens (primary N) is 1. The Balaban J connectivity index is 1.73. The molecular formula is C17H28N2. The predicted octanol–water partition coefficient (Wildman–Crippen LogP) is 2.92. The van der Waals surface area contributed by atoms with Gasteiger partial charge >= 0.3 is 0 Å². The van der Waals surface area contributed by atoms with Crippen LogP contribution in [0, 0.1) is 11.8 Å². The third-order valence-electron chi connectivity index (χ3n) is 4.41. The zero-order valence-corrected chi connectivity index (χ0v) is 12.4. The summed E-state index contributed by atoms with van der Waals surface area (Å²) >= 11 is 0. The van der Waals surface area contributed by atoms with E-state index in [1.165, 1.54) is 31.5 Å². The molecule has 0 aliphatic carbocycles. The molecule has 0 radical (unpaired) electrons. The third-order valence-corrected chi connectivity index (χ3v) is 4.41. The maximum absolute atomic E-state index is 6.29. The fourth-order valence-corrected chi connectivity index (χ4v) is 3.12. The second-order valence-electron chi connectivity index (χ2n) is 6.33. The van der Waals surface area contributed by atoms with Gasteiger partial charge in [-0.25, -0.2) is 0 Å². The van der Waals surface area contributed by atoms with Gasteiger partial charge < -0.3 is 10.6 Å². The van der Waals surface area contributed by atoms with Crippen LogP contribution in [-0.2, 0) is 6.42 Å². The Labute approximate surface area is 118 Å². The minimum atomic E-state index is 0.262. The molecule has 19 heavy (non-hydrogen) atoms. The summed E-state index contributed by atoms with van der Waals surface area (Å²) in [6.45, 7) is 8.19. The Morgan fingerprint density at radius 1 is 1.16 bits per heavy atom. The van der Waals surface area contributed by atoms with Gasteiger partial charge in [0, 0.05) is 12.6 Å². The summed E-state index contributed by atoms with van der Waals surface area (Å²) in [5, 5.41) is 0. The Morgan fingerprint density at radius 3 is 2.37 bits per heavy atom. The first-order valence-electron chi connectivity index (χ1n) is 7.67. The van der Waals surface area contributed by atoms with Crippen molar-refractivity contribution in [2.24, 2.45) is 17.6 Å². The summed E-state index contributed by atoms with van der Waals surface area (Å²) in [4.78, 5) is 2.55. The van der Waals surface area contributed by atoms with Gasteiger partial charge in [0.05, 0.1) is 0 Å². The lowest BCUT2D eigenvalue weighted by Gasteiger charge is -2.35. The zero-order chi connectivity index (χ0) is 13.7. The molecule has 2 heteroatoms. The summed E-state index contributed by atoms with van der Waals surface area (Å²) in [6, 6.07) is 10.9. The molecule has 1 aliphatic rings. The highest BCUT2D eigenvalue weighted by molar-refractivity contribution is 5.15. The molecule has 1 unspecified atom stereocenters. The van der Waals surface area contributed by atoms with Gasteiger partial charge in [-0.2, -0.15) is 0 Å². The minimum absolute atomic E-state index is 0.262. The second-order valence-corrected chi connectivity index (χ2v) is 6.33. The van der Waals surface area contributed by atoms with Gasteiger partial charge in [-0.15, -0.1) is 0 Å². The molecule has 1 atom stereocenters. The number of hydrogen-bond donors (Lipinski definition) is 1. The van der Waals surface area contributed by atoms with Crippen LogP contribution in [0.3, 0.4) is 0 Å². The van der Waals surface area contributed by atoms with Crippen molar-refractivity contribution in [2.75, 3.05) is 19.6 Å². The molecule has 0 aromatic heterocycles.